The number of benzene rings is 1. The van der Waals surface area contributed by atoms with Gasteiger partial charge in [-0.05, 0) is 23.8 Å². The molecule has 1 aliphatic rings. The van der Waals surface area contributed by atoms with E-state index in [-0.39, 0.29) is 11.6 Å². The number of alkyl halides is 3. The van der Waals surface area contributed by atoms with Crippen LogP contribution < -0.4 is 10.6 Å². The average molecular weight is 332 g/mol. The summed E-state index contributed by atoms with van der Waals surface area (Å²) in [5.74, 6) is -2.42. The van der Waals surface area contributed by atoms with Gasteiger partial charge in [0.25, 0.3) is 5.91 Å². The molecule has 0 radical (unpaired) electrons. The Morgan fingerprint density at radius 2 is 2.10 bits per heavy atom. The highest BCUT2D eigenvalue weighted by molar-refractivity contribution is 8.26. The first kappa shape index (κ1) is 15.5. The van der Waals surface area contributed by atoms with Crippen molar-refractivity contribution < 1.29 is 22.8 Å². The summed E-state index contributed by atoms with van der Waals surface area (Å²) in [6.45, 7) is 0. The third kappa shape index (κ3) is 4.05. The zero-order valence-corrected chi connectivity index (χ0v) is 11.8. The molecule has 4 nitrogen and oxygen atoms in total. The van der Waals surface area contributed by atoms with E-state index in [9.17, 15) is 22.8 Å². The van der Waals surface area contributed by atoms with Crippen LogP contribution in [-0.4, -0.2) is 22.3 Å². The van der Waals surface area contributed by atoms with E-state index < -0.39 is 12.1 Å². The molecule has 1 aromatic carbocycles. The fourth-order valence-electron chi connectivity index (χ4n) is 1.48. The second kappa shape index (κ2) is 5.86. The maximum Gasteiger partial charge on any atom is 0.471 e. The van der Waals surface area contributed by atoms with Gasteiger partial charge >= 0.3 is 12.1 Å². The molecule has 2 N–H and O–H groups in total. The molecule has 110 valence electrons. The number of rotatable bonds is 2. The minimum Gasteiger partial charge on any atom is -0.318 e. The molecule has 1 heterocycles. The second-order valence-corrected chi connectivity index (χ2v) is 5.65. The normalized spacial score (nSPS) is 17.0. The number of hydrogen-bond donors (Lipinski definition) is 2. The van der Waals surface area contributed by atoms with E-state index in [0.29, 0.717) is 14.8 Å². The Balaban J connectivity index is 2.19. The lowest BCUT2D eigenvalue weighted by atomic mass is 10.2. The van der Waals surface area contributed by atoms with E-state index in [1.807, 2.05) is 0 Å². The quantitative estimate of drug-likeness (QED) is 0.646. The fraction of sp³-hybridized carbons (Fsp3) is 0.0833. The van der Waals surface area contributed by atoms with Crippen LogP contribution in [-0.2, 0) is 9.59 Å². The number of halogens is 3. The van der Waals surface area contributed by atoms with Gasteiger partial charge in [-0.2, -0.15) is 13.2 Å². The molecule has 9 heteroatoms. The Morgan fingerprint density at radius 3 is 2.67 bits per heavy atom. The Morgan fingerprint density at radius 1 is 1.38 bits per heavy atom. The lowest BCUT2D eigenvalue weighted by Gasteiger charge is -2.08. The number of anilines is 1. The first-order valence-electron chi connectivity index (χ1n) is 5.49. The summed E-state index contributed by atoms with van der Waals surface area (Å²) in [4.78, 5) is 22.7. The number of carbonyl (C=O) groups is 2. The summed E-state index contributed by atoms with van der Waals surface area (Å²) in [6.07, 6.45) is -3.48. The Bertz CT molecular complexity index is 656. The van der Waals surface area contributed by atoms with Gasteiger partial charge in [0.05, 0.1) is 4.91 Å². The molecule has 0 spiro atoms. The number of hydrogen-bond acceptors (Lipinski definition) is 4. The van der Waals surface area contributed by atoms with Crippen LogP contribution in [0.15, 0.2) is 29.2 Å². The van der Waals surface area contributed by atoms with Crippen molar-refractivity contribution in [2.75, 3.05) is 5.32 Å². The Kier molecular flexibility index (Phi) is 4.33. The van der Waals surface area contributed by atoms with Gasteiger partial charge in [-0.1, -0.05) is 36.1 Å². The van der Waals surface area contributed by atoms with Crippen molar-refractivity contribution in [1.82, 2.24) is 5.32 Å². The maximum atomic E-state index is 12.2. The van der Waals surface area contributed by atoms with Crippen LogP contribution in [0.1, 0.15) is 5.56 Å². The number of carbonyl (C=O) groups excluding carboxylic acids is 2. The predicted octanol–water partition coefficient (Wildman–Crippen LogP) is 2.68. The van der Waals surface area contributed by atoms with E-state index in [1.165, 1.54) is 24.3 Å². The molecule has 0 saturated carbocycles. The molecule has 1 saturated heterocycles. The lowest BCUT2D eigenvalue weighted by molar-refractivity contribution is -0.167. The predicted molar refractivity (Wildman–Crippen MR) is 77.4 cm³/mol. The molecule has 1 aliphatic heterocycles. The highest BCUT2D eigenvalue weighted by Gasteiger charge is 2.38. The minimum absolute atomic E-state index is 0.0161. The van der Waals surface area contributed by atoms with Gasteiger partial charge in [0.15, 0.2) is 0 Å². The molecule has 0 aliphatic carbocycles. The van der Waals surface area contributed by atoms with E-state index >= 15 is 0 Å². The Labute approximate surface area is 126 Å². The van der Waals surface area contributed by atoms with Crippen molar-refractivity contribution in [2.45, 2.75) is 6.18 Å². The van der Waals surface area contributed by atoms with Crippen LogP contribution in [0.5, 0.6) is 0 Å². The summed E-state index contributed by atoms with van der Waals surface area (Å²) in [7, 11) is 0. The number of amides is 2. The van der Waals surface area contributed by atoms with Gasteiger partial charge < -0.3 is 10.6 Å². The third-order valence-electron chi connectivity index (χ3n) is 2.34. The molecule has 0 bridgehead atoms. The van der Waals surface area contributed by atoms with Gasteiger partial charge in [0, 0.05) is 5.69 Å². The molecule has 0 atom stereocenters. The average Bonchev–Trinajstić information content (AvgIpc) is 2.67. The van der Waals surface area contributed by atoms with Crippen LogP contribution in [0.3, 0.4) is 0 Å². The van der Waals surface area contributed by atoms with Gasteiger partial charge in [-0.3, -0.25) is 9.59 Å². The summed E-state index contributed by atoms with van der Waals surface area (Å²) >= 11 is 5.88. The Hall–Kier alpha value is -1.87. The SMILES string of the molecule is O=C1NC(=S)SC1=Cc1cccc(NC(=O)C(F)(F)F)c1. The molecular weight excluding hydrogens is 325 g/mol. The largest absolute Gasteiger partial charge is 0.471 e. The third-order valence-corrected chi connectivity index (χ3v) is 3.50. The zero-order chi connectivity index (χ0) is 15.6. The van der Waals surface area contributed by atoms with E-state index in [0.717, 1.165) is 11.8 Å². The van der Waals surface area contributed by atoms with Crippen molar-refractivity contribution in [1.29, 1.82) is 0 Å². The molecule has 0 unspecified atom stereocenters. The van der Waals surface area contributed by atoms with Gasteiger partial charge in [-0.15, -0.1) is 0 Å². The highest BCUT2D eigenvalue weighted by Crippen LogP contribution is 2.26. The monoisotopic (exact) mass is 332 g/mol. The number of nitrogens with one attached hydrogen (secondary N) is 2. The molecule has 21 heavy (non-hydrogen) atoms. The van der Waals surface area contributed by atoms with Crippen LogP contribution in [0, 0.1) is 0 Å². The van der Waals surface area contributed by atoms with Crippen LogP contribution >= 0.6 is 24.0 Å². The maximum absolute atomic E-state index is 12.2. The first-order chi connectivity index (χ1) is 9.75. The van der Waals surface area contributed by atoms with Gasteiger partial charge in [-0.25, -0.2) is 0 Å². The van der Waals surface area contributed by atoms with Crippen LogP contribution in [0.25, 0.3) is 6.08 Å². The zero-order valence-electron chi connectivity index (χ0n) is 10.2. The van der Waals surface area contributed by atoms with Gasteiger partial charge in [0.1, 0.15) is 4.32 Å². The van der Waals surface area contributed by atoms with Crippen molar-refractivity contribution in [3.63, 3.8) is 0 Å². The highest BCUT2D eigenvalue weighted by atomic mass is 32.2. The van der Waals surface area contributed by atoms with E-state index in [1.54, 1.807) is 11.4 Å². The van der Waals surface area contributed by atoms with Crippen LogP contribution in [0.2, 0.25) is 0 Å². The fourth-order valence-corrected chi connectivity index (χ4v) is 2.52. The minimum atomic E-state index is -4.96. The topological polar surface area (TPSA) is 58.2 Å². The lowest BCUT2D eigenvalue weighted by Crippen LogP contribution is -2.29. The summed E-state index contributed by atoms with van der Waals surface area (Å²) < 4.78 is 36.8. The molecule has 2 amide bonds. The molecule has 0 aromatic heterocycles. The standard InChI is InChI=1S/C12H7F3N2O2S2/c13-12(14,15)10(19)16-7-3-1-2-6(4-7)5-8-9(18)17-11(20)21-8/h1-5H,(H,16,19)(H,17,18,20). The summed E-state index contributed by atoms with van der Waals surface area (Å²) in [5.41, 5.74) is 0.454. The molecule has 2 rings (SSSR count). The summed E-state index contributed by atoms with van der Waals surface area (Å²) in [5, 5.41) is 4.16. The molecule has 1 fully saturated rings. The van der Waals surface area contributed by atoms with E-state index in [2.05, 4.69) is 5.32 Å². The van der Waals surface area contributed by atoms with Crippen LogP contribution in [0.4, 0.5) is 18.9 Å². The van der Waals surface area contributed by atoms with Crippen molar-refractivity contribution in [3.05, 3.63) is 34.7 Å². The molecular formula is C12H7F3N2O2S2. The van der Waals surface area contributed by atoms with Crippen molar-refractivity contribution in [2.24, 2.45) is 0 Å². The summed E-state index contributed by atoms with van der Waals surface area (Å²) in [6, 6.07) is 5.70. The first-order valence-corrected chi connectivity index (χ1v) is 6.71. The van der Waals surface area contributed by atoms with Crippen molar-refractivity contribution >= 4 is 51.9 Å². The van der Waals surface area contributed by atoms with Crippen molar-refractivity contribution in [3.8, 4) is 0 Å². The van der Waals surface area contributed by atoms with E-state index in [4.69, 9.17) is 12.2 Å². The second-order valence-electron chi connectivity index (χ2n) is 3.93. The van der Waals surface area contributed by atoms with Gasteiger partial charge in [0.2, 0.25) is 0 Å². The molecule has 1 aromatic rings. The smallest absolute Gasteiger partial charge is 0.318 e. The number of thioether (sulfide) groups is 1. The number of thiocarbonyl (C=S) groups is 1.